The van der Waals surface area contributed by atoms with E-state index >= 15 is 0 Å². The molecule has 2 aromatic carbocycles. The van der Waals surface area contributed by atoms with E-state index in [9.17, 15) is 17.6 Å². The molecule has 1 aliphatic heterocycles. The molecule has 1 aliphatic rings. The highest BCUT2D eigenvalue weighted by molar-refractivity contribution is 7.89. The molecular weight excluding hydrogens is 431 g/mol. The Bertz CT molecular complexity index is 1000. The van der Waals surface area contributed by atoms with Crippen LogP contribution in [0.5, 0.6) is 0 Å². The lowest BCUT2D eigenvalue weighted by atomic mass is 10.0. The first-order chi connectivity index (χ1) is 15.3. The van der Waals surface area contributed by atoms with Crippen molar-refractivity contribution in [2.45, 2.75) is 30.3 Å². The van der Waals surface area contributed by atoms with E-state index in [0.717, 1.165) is 38.7 Å². The van der Waals surface area contributed by atoms with Gasteiger partial charge >= 0.3 is 0 Å². The van der Waals surface area contributed by atoms with Crippen molar-refractivity contribution in [3.63, 3.8) is 0 Å². The Labute approximate surface area is 189 Å². The Morgan fingerprint density at radius 2 is 1.81 bits per heavy atom. The summed E-state index contributed by atoms with van der Waals surface area (Å²) in [5.41, 5.74) is 1.28. The van der Waals surface area contributed by atoms with Gasteiger partial charge in [0.1, 0.15) is 10.7 Å². The molecule has 7 nitrogen and oxygen atoms in total. The molecule has 32 heavy (non-hydrogen) atoms. The van der Waals surface area contributed by atoms with Crippen LogP contribution in [-0.4, -0.2) is 69.9 Å². The summed E-state index contributed by atoms with van der Waals surface area (Å²) in [6, 6.07) is 14.8. The number of hydrogen-bond donors (Lipinski definition) is 2. The van der Waals surface area contributed by atoms with Crippen LogP contribution in [0.2, 0.25) is 0 Å². The van der Waals surface area contributed by atoms with E-state index in [2.05, 4.69) is 39.0 Å². The third kappa shape index (κ3) is 6.35. The Balaban J connectivity index is 1.48. The minimum absolute atomic E-state index is 0.303. The van der Waals surface area contributed by atoms with Crippen molar-refractivity contribution >= 4 is 15.9 Å². The summed E-state index contributed by atoms with van der Waals surface area (Å²) >= 11 is 0. The van der Waals surface area contributed by atoms with Crippen molar-refractivity contribution in [3.8, 4) is 0 Å². The number of likely N-dealkylation sites (N-methyl/N-ethyl adjacent to an activating group) is 1. The van der Waals surface area contributed by atoms with Crippen molar-refractivity contribution in [1.82, 2.24) is 19.8 Å². The van der Waals surface area contributed by atoms with Crippen LogP contribution in [0.25, 0.3) is 0 Å². The van der Waals surface area contributed by atoms with Gasteiger partial charge in [0.15, 0.2) is 0 Å². The molecule has 9 heteroatoms. The van der Waals surface area contributed by atoms with Gasteiger partial charge in [0.2, 0.25) is 15.9 Å². The number of halogens is 1. The fourth-order valence-corrected chi connectivity index (χ4v) is 5.16. The number of nitrogens with zero attached hydrogens (tertiary/aromatic N) is 2. The van der Waals surface area contributed by atoms with Gasteiger partial charge < -0.3 is 10.2 Å². The third-order valence-corrected chi connectivity index (χ3v) is 7.23. The zero-order valence-electron chi connectivity index (χ0n) is 18.5. The van der Waals surface area contributed by atoms with E-state index in [1.165, 1.54) is 30.7 Å². The lowest BCUT2D eigenvalue weighted by Crippen LogP contribution is -2.48. The highest BCUT2D eigenvalue weighted by Gasteiger charge is 2.27. The zero-order chi connectivity index (χ0) is 23.1. The fraction of sp³-hybridized carbons (Fsp3) is 0.435. The van der Waals surface area contributed by atoms with E-state index in [-0.39, 0.29) is 0 Å². The maximum atomic E-state index is 13.8. The molecular formula is C23H31FN4O3S. The summed E-state index contributed by atoms with van der Waals surface area (Å²) in [6.07, 6.45) is 0.742. The predicted octanol–water partition coefficient (Wildman–Crippen LogP) is 1.99. The highest BCUT2D eigenvalue weighted by atomic mass is 32.2. The standard InChI is InChI=1S/C23H31FN4O3S/c1-18(26-32(30,31)22-12-7-6-11-20(22)24)23(29)25-13-8-14-28-16-15-27(2)17-21(28)19-9-4-3-5-10-19/h3-7,9-12,18,21,26H,8,13-17H2,1-2H3,(H,25,29)/t18-,21?/m0/s1. The number of rotatable bonds is 9. The first-order valence-electron chi connectivity index (χ1n) is 10.8. The average molecular weight is 463 g/mol. The predicted molar refractivity (Wildman–Crippen MR) is 122 cm³/mol. The van der Waals surface area contributed by atoms with Crippen molar-refractivity contribution in [3.05, 3.63) is 66.0 Å². The van der Waals surface area contributed by atoms with Crippen LogP contribution < -0.4 is 10.0 Å². The molecule has 0 aromatic heterocycles. The number of hydrogen-bond acceptors (Lipinski definition) is 5. The Morgan fingerprint density at radius 1 is 1.12 bits per heavy atom. The van der Waals surface area contributed by atoms with Crippen LogP contribution in [0, 0.1) is 5.82 Å². The van der Waals surface area contributed by atoms with Crippen molar-refractivity contribution in [2.75, 3.05) is 39.8 Å². The minimum atomic E-state index is -4.12. The van der Waals surface area contributed by atoms with Gasteiger partial charge in [-0.2, -0.15) is 4.72 Å². The number of nitrogens with one attached hydrogen (secondary N) is 2. The van der Waals surface area contributed by atoms with Crippen LogP contribution in [0.15, 0.2) is 59.5 Å². The van der Waals surface area contributed by atoms with Gasteiger partial charge in [-0.1, -0.05) is 42.5 Å². The minimum Gasteiger partial charge on any atom is -0.355 e. The summed E-state index contributed by atoms with van der Waals surface area (Å²) in [5, 5.41) is 2.78. The van der Waals surface area contributed by atoms with Crippen LogP contribution in [0.3, 0.4) is 0 Å². The number of carbonyl (C=O) groups excluding carboxylic acids is 1. The Hall–Kier alpha value is -2.33. The SMILES string of the molecule is C[C@H](NS(=O)(=O)c1ccccc1F)C(=O)NCCCN1CCN(C)CC1c1ccccc1. The Morgan fingerprint density at radius 3 is 2.53 bits per heavy atom. The molecule has 1 unspecified atom stereocenters. The molecule has 0 bridgehead atoms. The van der Waals surface area contributed by atoms with Crippen molar-refractivity contribution in [2.24, 2.45) is 0 Å². The number of amides is 1. The van der Waals surface area contributed by atoms with Crippen LogP contribution in [0.4, 0.5) is 4.39 Å². The summed E-state index contributed by atoms with van der Waals surface area (Å²) in [7, 11) is -2.00. The second kappa shape index (κ2) is 11.0. The molecule has 2 N–H and O–H groups in total. The quantitative estimate of drug-likeness (QED) is 0.557. The first kappa shape index (κ1) is 24.3. The van der Waals surface area contributed by atoms with E-state index in [1.807, 2.05) is 18.2 Å². The molecule has 0 saturated carbocycles. The van der Waals surface area contributed by atoms with Crippen molar-refractivity contribution < 1.29 is 17.6 Å². The van der Waals surface area contributed by atoms with E-state index in [4.69, 9.17) is 0 Å². The van der Waals surface area contributed by atoms with Gasteiger partial charge in [0.25, 0.3) is 0 Å². The first-order valence-corrected chi connectivity index (χ1v) is 12.3. The van der Waals surface area contributed by atoms with E-state index < -0.39 is 32.7 Å². The average Bonchev–Trinajstić information content (AvgIpc) is 2.77. The summed E-state index contributed by atoms with van der Waals surface area (Å²) in [5.74, 6) is -1.30. The molecule has 174 valence electrons. The van der Waals surface area contributed by atoms with Gasteiger partial charge in [0, 0.05) is 38.8 Å². The second-order valence-electron chi connectivity index (χ2n) is 8.14. The van der Waals surface area contributed by atoms with Gasteiger partial charge in [-0.25, -0.2) is 12.8 Å². The molecule has 0 spiro atoms. The molecule has 0 aliphatic carbocycles. The molecule has 1 heterocycles. The molecule has 1 amide bonds. The maximum absolute atomic E-state index is 13.8. The van der Waals surface area contributed by atoms with Gasteiger partial charge in [-0.05, 0) is 38.1 Å². The van der Waals surface area contributed by atoms with Crippen LogP contribution in [0.1, 0.15) is 24.9 Å². The smallest absolute Gasteiger partial charge is 0.244 e. The molecule has 2 aromatic rings. The normalized spacial score (nSPS) is 18.9. The van der Waals surface area contributed by atoms with Gasteiger partial charge in [0.05, 0.1) is 6.04 Å². The largest absolute Gasteiger partial charge is 0.355 e. The second-order valence-corrected chi connectivity index (χ2v) is 9.83. The molecule has 1 fully saturated rings. The van der Waals surface area contributed by atoms with Crippen LogP contribution >= 0.6 is 0 Å². The molecule has 2 atom stereocenters. The third-order valence-electron chi connectivity index (χ3n) is 5.65. The summed E-state index contributed by atoms with van der Waals surface area (Å²) in [6.45, 7) is 5.58. The Kier molecular flexibility index (Phi) is 8.36. The van der Waals surface area contributed by atoms with Crippen LogP contribution in [-0.2, 0) is 14.8 Å². The molecule has 1 saturated heterocycles. The zero-order valence-corrected chi connectivity index (χ0v) is 19.3. The number of piperazine rings is 1. The summed E-state index contributed by atoms with van der Waals surface area (Å²) in [4.78, 5) is 16.6. The van der Waals surface area contributed by atoms with E-state index in [1.54, 1.807) is 0 Å². The number of carbonyl (C=O) groups is 1. The lowest BCUT2D eigenvalue weighted by molar-refractivity contribution is -0.122. The number of sulfonamides is 1. The van der Waals surface area contributed by atoms with Crippen molar-refractivity contribution in [1.29, 1.82) is 0 Å². The topological polar surface area (TPSA) is 81.7 Å². The van der Waals surface area contributed by atoms with E-state index in [0.29, 0.717) is 12.6 Å². The summed E-state index contributed by atoms with van der Waals surface area (Å²) < 4.78 is 40.8. The fourth-order valence-electron chi connectivity index (χ4n) is 3.88. The molecule has 0 radical (unpaired) electrons. The molecule has 3 rings (SSSR count). The maximum Gasteiger partial charge on any atom is 0.244 e. The lowest BCUT2D eigenvalue weighted by Gasteiger charge is -2.40. The monoisotopic (exact) mass is 462 g/mol. The van der Waals surface area contributed by atoms with Gasteiger partial charge in [-0.3, -0.25) is 9.69 Å². The highest BCUT2D eigenvalue weighted by Crippen LogP contribution is 2.24. The number of benzene rings is 2. The van der Waals surface area contributed by atoms with Gasteiger partial charge in [-0.15, -0.1) is 0 Å².